The summed E-state index contributed by atoms with van der Waals surface area (Å²) in [5.41, 5.74) is 2.36. The average molecular weight is 535 g/mol. The number of pyridine rings is 1. The molecule has 1 aliphatic heterocycles. The lowest BCUT2D eigenvalue weighted by molar-refractivity contribution is -0.122. The number of benzene rings is 1. The summed E-state index contributed by atoms with van der Waals surface area (Å²) in [4.78, 5) is 42.2. The van der Waals surface area contributed by atoms with E-state index in [9.17, 15) is 9.59 Å². The second-order valence-electron chi connectivity index (χ2n) is 10.4. The summed E-state index contributed by atoms with van der Waals surface area (Å²) < 4.78 is 5.62. The first-order valence-electron chi connectivity index (χ1n) is 14.2. The molecule has 2 N–H and O–H groups in total. The number of carbonyl (C=O) groups is 2. The van der Waals surface area contributed by atoms with Crippen LogP contribution in [0, 0.1) is 0 Å². The van der Waals surface area contributed by atoms with E-state index in [0.29, 0.717) is 25.0 Å². The molecule has 1 atom stereocenters. The minimum atomic E-state index is -0.233. The van der Waals surface area contributed by atoms with E-state index in [1.807, 2.05) is 37.3 Å². The molecule has 1 aliphatic rings. The molecule has 0 unspecified atom stereocenters. The number of nitrogens with one attached hydrogen (secondary N) is 2. The molecule has 3 heterocycles. The summed E-state index contributed by atoms with van der Waals surface area (Å²) in [6, 6.07) is 9.56. The number of Topliss-reactive ketones (excluding diaryl/α,β-unsaturated/α-hetero) is 1. The number of likely N-dealkylation sites (N-methyl/N-ethyl adjacent to an activating group) is 1. The molecule has 39 heavy (non-hydrogen) atoms. The Hall–Kier alpha value is -3.30. The van der Waals surface area contributed by atoms with Crippen LogP contribution in [0.15, 0.2) is 36.5 Å². The zero-order chi connectivity index (χ0) is 27.6. The molecule has 3 aromatic rings. The van der Waals surface area contributed by atoms with Crippen molar-refractivity contribution in [3.63, 3.8) is 0 Å². The second kappa shape index (κ2) is 14.2. The van der Waals surface area contributed by atoms with Crippen molar-refractivity contribution in [3.05, 3.63) is 42.4 Å². The van der Waals surface area contributed by atoms with Crippen molar-refractivity contribution >= 4 is 22.6 Å². The fourth-order valence-electron chi connectivity index (χ4n) is 4.99. The van der Waals surface area contributed by atoms with Crippen LogP contribution in [0.2, 0.25) is 0 Å². The van der Waals surface area contributed by atoms with Gasteiger partial charge in [-0.05, 0) is 32.0 Å². The topological polar surface area (TPSA) is 103 Å². The third-order valence-corrected chi connectivity index (χ3v) is 7.53. The standard InChI is InChI=1S/C30H42N6O3/c1-4-22(37)10-6-5-7-13-25(33-29(38)14-15-36-18-16-35(2)17-19-36)30-31-21-27(34-30)26-20-28(39-3)23-11-8-9-12-24(23)32-26/h8-9,11-12,20-21,25H,4-7,10,13-19H2,1-3H3,(H,31,34)(H,33,38)/t25-/m0/s1. The second-order valence-corrected chi connectivity index (χ2v) is 10.4. The number of aromatic nitrogens is 3. The molecular weight excluding hydrogens is 492 g/mol. The zero-order valence-electron chi connectivity index (χ0n) is 23.5. The Balaban J connectivity index is 1.44. The molecule has 1 saturated heterocycles. The Morgan fingerprint density at radius 3 is 2.67 bits per heavy atom. The van der Waals surface area contributed by atoms with Crippen LogP contribution in [0.5, 0.6) is 5.75 Å². The maximum absolute atomic E-state index is 13.0. The highest BCUT2D eigenvalue weighted by molar-refractivity contribution is 5.87. The van der Waals surface area contributed by atoms with Crippen LogP contribution in [0.4, 0.5) is 0 Å². The third-order valence-electron chi connectivity index (χ3n) is 7.53. The molecule has 0 saturated carbocycles. The van der Waals surface area contributed by atoms with Crippen LogP contribution in [0.25, 0.3) is 22.3 Å². The number of rotatable bonds is 14. The molecule has 1 amide bonds. The number of imidazole rings is 1. The number of hydrogen-bond donors (Lipinski definition) is 2. The van der Waals surface area contributed by atoms with Crippen LogP contribution in [-0.4, -0.2) is 83.3 Å². The van der Waals surface area contributed by atoms with Crippen molar-refractivity contribution in [2.24, 2.45) is 0 Å². The molecule has 1 aromatic carbocycles. The molecule has 1 fully saturated rings. The number of para-hydroxylation sites is 1. The Labute approximate surface area is 231 Å². The summed E-state index contributed by atoms with van der Waals surface area (Å²) in [6.07, 6.45) is 6.92. The van der Waals surface area contributed by atoms with Gasteiger partial charge >= 0.3 is 0 Å². The number of methoxy groups -OCH3 is 1. The highest BCUT2D eigenvalue weighted by Gasteiger charge is 2.21. The van der Waals surface area contributed by atoms with Gasteiger partial charge in [-0.2, -0.15) is 0 Å². The number of fused-ring (bicyclic) bond motifs is 1. The molecule has 2 aromatic heterocycles. The van der Waals surface area contributed by atoms with Crippen molar-refractivity contribution in [2.75, 3.05) is 46.9 Å². The molecule has 0 bridgehead atoms. The maximum Gasteiger partial charge on any atom is 0.221 e. The quantitative estimate of drug-likeness (QED) is 0.296. The van der Waals surface area contributed by atoms with Crippen LogP contribution in [0.1, 0.15) is 63.7 Å². The Morgan fingerprint density at radius 2 is 1.90 bits per heavy atom. The number of amides is 1. The average Bonchev–Trinajstić information content (AvgIpc) is 3.45. The normalized spacial score (nSPS) is 15.4. The number of aromatic amines is 1. The molecule has 0 radical (unpaired) electrons. The van der Waals surface area contributed by atoms with Gasteiger partial charge in [0, 0.05) is 63.4 Å². The van der Waals surface area contributed by atoms with Crippen molar-refractivity contribution in [1.82, 2.24) is 30.1 Å². The summed E-state index contributed by atoms with van der Waals surface area (Å²) in [5.74, 6) is 1.81. The SMILES string of the molecule is CCC(=O)CCCCC[C@H](NC(=O)CCN1CCN(C)CC1)c1ncc(-c2cc(OC)c3ccccc3n2)[nH]1. The van der Waals surface area contributed by atoms with Crippen molar-refractivity contribution in [3.8, 4) is 17.1 Å². The molecule has 0 aliphatic carbocycles. The molecule has 9 nitrogen and oxygen atoms in total. The van der Waals surface area contributed by atoms with Crippen molar-refractivity contribution in [2.45, 2.75) is 57.9 Å². The monoisotopic (exact) mass is 534 g/mol. The number of unbranched alkanes of at least 4 members (excludes halogenated alkanes) is 2. The van der Waals surface area contributed by atoms with E-state index in [2.05, 4.69) is 32.1 Å². The summed E-state index contributed by atoms with van der Waals surface area (Å²) in [7, 11) is 3.79. The largest absolute Gasteiger partial charge is 0.496 e. The number of carbonyl (C=O) groups excluding carboxylic acids is 2. The van der Waals surface area contributed by atoms with Gasteiger partial charge in [0.25, 0.3) is 0 Å². The Bertz CT molecular complexity index is 1230. The van der Waals surface area contributed by atoms with Crippen LogP contribution in [-0.2, 0) is 9.59 Å². The lowest BCUT2D eigenvalue weighted by atomic mass is 10.0. The van der Waals surface area contributed by atoms with Gasteiger partial charge in [-0.15, -0.1) is 0 Å². The molecule has 9 heteroatoms. The first-order chi connectivity index (χ1) is 19.0. The molecule has 0 spiro atoms. The number of H-pyrrole nitrogens is 1. The lowest BCUT2D eigenvalue weighted by Gasteiger charge is -2.32. The first-order valence-corrected chi connectivity index (χ1v) is 14.2. The van der Waals surface area contributed by atoms with E-state index in [1.165, 1.54) is 0 Å². The summed E-state index contributed by atoms with van der Waals surface area (Å²) in [5, 5.41) is 4.18. The molecule has 210 valence electrons. The number of hydrogen-bond acceptors (Lipinski definition) is 7. The van der Waals surface area contributed by atoms with Crippen LogP contribution >= 0.6 is 0 Å². The maximum atomic E-state index is 13.0. The number of ketones is 1. The third kappa shape index (κ3) is 8.10. The van der Waals surface area contributed by atoms with Gasteiger partial charge in [0.15, 0.2) is 0 Å². The fourth-order valence-corrected chi connectivity index (χ4v) is 4.99. The first kappa shape index (κ1) is 28.7. The van der Waals surface area contributed by atoms with Gasteiger partial charge in [-0.3, -0.25) is 9.59 Å². The molecular formula is C30H42N6O3. The van der Waals surface area contributed by atoms with Crippen LogP contribution < -0.4 is 10.1 Å². The minimum Gasteiger partial charge on any atom is -0.496 e. The number of piperazine rings is 1. The summed E-state index contributed by atoms with van der Waals surface area (Å²) in [6.45, 7) is 6.72. The smallest absolute Gasteiger partial charge is 0.221 e. The van der Waals surface area contributed by atoms with Gasteiger partial charge in [0.1, 0.15) is 17.4 Å². The van der Waals surface area contributed by atoms with E-state index >= 15 is 0 Å². The van der Waals surface area contributed by atoms with E-state index in [4.69, 9.17) is 9.72 Å². The van der Waals surface area contributed by atoms with E-state index in [-0.39, 0.29) is 11.9 Å². The predicted molar refractivity (Wildman–Crippen MR) is 154 cm³/mol. The van der Waals surface area contributed by atoms with E-state index in [1.54, 1.807) is 13.3 Å². The van der Waals surface area contributed by atoms with Gasteiger partial charge < -0.3 is 24.8 Å². The lowest BCUT2D eigenvalue weighted by Crippen LogP contribution is -2.45. The minimum absolute atomic E-state index is 0.0311. The van der Waals surface area contributed by atoms with Gasteiger partial charge in [0.05, 0.1) is 36.3 Å². The van der Waals surface area contributed by atoms with Crippen molar-refractivity contribution < 1.29 is 14.3 Å². The van der Waals surface area contributed by atoms with Gasteiger partial charge in [-0.1, -0.05) is 31.9 Å². The highest BCUT2D eigenvalue weighted by Crippen LogP contribution is 2.30. The van der Waals surface area contributed by atoms with Gasteiger partial charge in [0.2, 0.25) is 5.91 Å². The van der Waals surface area contributed by atoms with Crippen molar-refractivity contribution in [1.29, 1.82) is 0 Å². The predicted octanol–water partition coefficient (Wildman–Crippen LogP) is 4.36. The number of nitrogens with zero attached hydrogens (tertiary/aromatic N) is 4. The van der Waals surface area contributed by atoms with Crippen LogP contribution in [0.3, 0.4) is 0 Å². The van der Waals surface area contributed by atoms with Gasteiger partial charge in [-0.25, -0.2) is 9.97 Å². The fraction of sp³-hybridized carbons (Fsp3) is 0.533. The zero-order valence-corrected chi connectivity index (χ0v) is 23.5. The molecule has 4 rings (SSSR count). The Morgan fingerprint density at radius 1 is 1.10 bits per heavy atom. The number of ether oxygens (including phenoxy) is 1. The van der Waals surface area contributed by atoms with E-state index < -0.39 is 0 Å². The van der Waals surface area contributed by atoms with E-state index in [0.717, 1.165) is 92.3 Å². The Kier molecular flexibility index (Phi) is 10.4. The highest BCUT2D eigenvalue weighted by atomic mass is 16.5. The summed E-state index contributed by atoms with van der Waals surface area (Å²) >= 11 is 0.